The summed E-state index contributed by atoms with van der Waals surface area (Å²) in [5.41, 5.74) is 0.0883. The lowest BCUT2D eigenvalue weighted by atomic mass is 10.1. The van der Waals surface area contributed by atoms with Crippen LogP contribution in [0.2, 0.25) is 0 Å². The summed E-state index contributed by atoms with van der Waals surface area (Å²) in [7, 11) is 0. The van der Waals surface area contributed by atoms with Crippen molar-refractivity contribution < 1.29 is 19.4 Å². The van der Waals surface area contributed by atoms with Crippen molar-refractivity contribution >= 4 is 11.9 Å². The van der Waals surface area contributed by atoms with Gasteiger partial charge in [0.05, 0.1) is 17.7 Å². The van der Waals surface area contributed by atoms with E-state index in [2.05, 4.69) is 19.1 Å². The van der Waals surface area contributed by atoms with Crippen LogP contribution in [-0.2, 0) is 4.74 Å². The number of carboxylic acid groups (broad SMARTS) is 1. The number of hydrogen-bond acceptors (Lipinski definition) is 3. The number of allylic oxidation sites excluding steroid dienone is 2. The van der Waals surface area contributed by atoms with Crippen LogP contribution >= 0.6 is 0 Å². The number of aromatic carboxylic acids is 1. The fourth-order valence-electron chi connectivity index (χ4n) is 3.28. The second-order valence-corrected chi connectivity index (χ2v) is 7.57. The molecule has 0 aliphatic rings. The van der Waals surface area contributed by atoms with E-state index in [1.807, 2.05) is 0 Å². The van der Waals surface area contributed by atoms with E-state index >= 15 is 0 Å². The summed E-state index contributed by atoms with van der Waals surface area (Å²) in [5.74, 6) is -1.69. The van der Waals surface area contributed by atoms with Crippen molar-refractivity contribution in [1.82, 2.24) is 0 Å². The molecule has 0 aromatic heterocycles. The van der Waals surface area contributed by atoms with Crippen molar-refractivity contribution in [3.8, 4) is 0 Å². The van der Waals surface area contributed by atoms with Gasteiger partial charge in [-0.2, -0.15) is 0 Å². The molecular weight excluding hydrogens is 364 g/mol. The summed E-state index contributed by atoms with van der Waals surface area (Å²) in [6.45, 7) is 2.56. The number of rotatable bonds is 17. The van der Waals surface area contributed by atoms with Crippen molar-refractivity contribution in [2.45, 2.75) is 90.4 Å². The Labute approximate surface area is 176 Å². The maximum absolute atomic E-state index is 12.0. The van der Waals surface area contributed by atoms with E-state index in [1.54, 1.807) is 12.1 Å². The molecule has 0 heterocycles. The minimum atomic E-state index is -1.12. The number of carbonyl (C=O) groups is 2. The first-order valence-corrected chi connectivity index (χ1v) is 11.3. The lowest BCUT2D eigenvalue weighted by Crippen LogP contribution is -2.12. The van der Waals surface area contributed by atoms with Crippen LogP contribution < -0.4 is 0 Å². The number of carbonyl (C=O) groups excluding carboxylic acids is 1. The number of esters is 1. The highest BCUT2D eigenvalue weighted by Crippen LogP contribution is 2.12. The van der Waals surface area contributed by atoms with Crippen molar-refractivity contribution in [3.05, 3.63) is 47.5 Å². The Hall–Kier alpha value is -2.10. The van der Waals surface area contributed by atoms with Gasteiger partial charge >= 0.3 is 11.9 Å². The molecular formula is C25H38O4. The molecule has 0 unspecified atom stereocenters. The van der Waals surface area contributed by atoms with Gasteiger partial charge in [-0.25, -0.2) is 9.59 Å². The number of hydrogen-bond donors (Lipinski definition) is 1. The zero-order chi connectivity index (χ0) is 21.2. The van der Waals surface area contributed by atoms with E-state index in [4.69, 9.17) is 9.84 Å². The second-order valence-electron chi connectivity index (χ2n) is 7.57. The Morgan fingerprint density at radius 2 is 1.31 bits per heavy atom. The molecule has 0 atom stereocenters. The highest BCUT2D eigenvalue weighted by molar-refractivity contribution is 6.02. The molecule has 1 aromatic carbocycles. The predicted octanol–water partition coefficient (Wildman–Crippen LogP) is 7.19. The molecule has 0 amide bonds. The highest BCUT2D eigenvalue weighted by Gasteiger charge is 2.16. The Bertz CT molecular complexity index is 607. The molecule has 4 heteroatoms. The first-order chi connectivity index (χ1) is 14.2. The summed E-state index contributed by atoms with van der Waals surface area (Å²) in [4.78, 5) is 23.1. The minimum absolute atomic E-state index is 0.0195. The maximum Gasteiger partial charge on any atom is 0.339 e. The van der Waals surface area contributed by atoms with Crippen molar-refractivity contribution in [3.63, 3.8) is 0 Å². The number of benzene rings is 1. The molecule has 0 spiro atoms. The molecule has 1 aromatic rings. The van der Waals surface area contributed by atoms with E-state index in [0.717, 1.165) is 19.3 Å². The lowest BCUT2D eigenvalue weighted by Gasteiger charge is -2.06. The Kier molecular flexibility index (Phi) is 14.5. The average Bonchev–Trinajstić information content (AvgIpc) is 2.73. The number of ether oxygens (including phenoxy) is 1. The topological polar surface area (TPSA) is 63.6 Å². The zero-order valence-electron chi connectivity index (χ0n) is 18.0. The van der Waals surface area contributed by atoms with Crippen molar-refractivity contribution in [1.29, 1.82) is 0 Å². The summed E-state index contributed by atoms with van der Waals surface area (Å²) in [6, 6.07) is 6.13. The minimum Gasteiger partial charge on any atom is -0.478 e. The molecule has 4 nitrogen and oxygen atoms in total. The number of carboxylic acids is 1. The summed E-state index contributed by atoms with van der Waals surface area (Å²) in [6.07, 6.45) is 20.6. The third-order valence-corrected chi connectivity index (χ3v) is 5.02. The van der Waals surface area contributed by atoms with Crippen LogP contribution in [0.4, 0.5) is 0 Å². The van der Waals surface area contributed by atoms with Gasteiger partial charge in [0.2, 0.25) is 0 Å². The molecule has 1 rings (SSSR count). The van der Waals surface area contributed by atoms with Crippen molar-refractivity contribution in [2.24, 2.45) is 0 Å². The molecule has 1 N–H and O–H groups in total. The second kappa shape index (κ2) is 16.8. The van der Waals surface area contributed by atoms with Gasteiger partial charge in [0.25, 0.3) is 0 Å². The number of unbranched alkanes of at least 4 members (excludes halogenated alkanes) is 11. The van der Waals surface area contributed by atoms with E-state index in [-0.39, 0.29) is 11.1 Å². The quantitative estimate of drug-likeness (QED) is 0.170. The van der Waals surface area contributed by atoms with Gasteiger partial charge in [-0.15, -0.1) is 0 Å². The summed E-state index contributed by atoms with van der Waals surface area (Å²) < 4.78 is 5.20. The Balaban J connectivity index is 1.98. The van der Waals surface area contributed by atoms with Crippen LogP contribution in [-0.4, -0.2) is 23.7 Å². The van der Waals surface area contributed by atoms with Gasteiger partial charge < -0.3 is 9.84 Å². The molecule has 0 aliphatic carbocycles. The first kappa shape index (κ1) is 24.9. The molecule has 29 heavy (non-hydrogen) atoms. The van der Waals surface area contributed by atoms with Crippen molar-refractivity contribution in [2.75, 3.05) is 6.61 Å². The predicted molar refractivity (Wildman–Crippen MR) is 119 cm³/mol. The Morgan fingerprint density at radius 3 is 1.90 bits per heavy atom. The first-order valence-electron chi connectivity index (χ1n) is 11.3. The van der Waals surface area contributed by atoms with Gasteiger partial charge in [-0.3, -0.25) is 0 Å². The van der Waals surface area contributed by atoms with Gasteiger partial charge in [-0.1, -0.05) is 89.0 Å². The smallest absolute Gasteiger partial charge is 0.339 e. The average molecular weight is 403 g/mol. The molecule has 0 bridgehead atoms. The van der Waals surface area contributed by atoms with Crippen LogP contribution in [0.3, 0.4) is 0 Å². The van der Waals surface area contributed by atoms with E-state index in [9.17, 15) is 9.59 Å². The third kappa shape index (κ3) is 12.1. The standard InChI is InChI=1S/C25H38O4/c1-2-3-4-5-6-7-8-9-10-11-12-13-14-15-18-21-29-25(28)23-20-17-16-19-22(23)24(26)27/h13-14,16-17,19-20H,2-12,15,18,21H2,1H3,(H,26,27)/b14-13+. The molecule has 0 saturated heterocycles. The SMILES string of the molecule is CCCCCCCCCCCC/C=C/CCCOC(=O)c1ccccc1C(=O)O. The monoisotopic (exact) mass is 402 g/mol. The van der Waals surface area contributed by atoms with Gasteiger partial charge in [0.15, 0.2) is 0 Å². The molecule has 0 aliphatic heterocycles. The largest absolute Gasteiger partial charge is 0.478 e. The van der Waals surface area contributed by atoms with E-state index in [0.29, 0.717) is 6.61 Å². The molecule has 0 fully saturated rings. The Morgan fingerprint density at radius 1 is 0.793 bits per heavy atom. The lowest BCUT2D eigenvalue weighted by molar-refractivity contribution is 0.0491. The van der Waals surface area contributed by atoms with Gasteiger partial charge in [-0.05, 0) is 37.8 Å². The van der Waals surface area contributed by atoms with Crippen LogP contribution in [0.5, 0.6) is 0 Å². The van der Waals surface area contributed by atoms with Gasteiger partial charge in [0, 0.05) is 0 Å². The van der Waals surface area contributed by atoms with Crippen LogP contribution in [0.15, 0.2) is 36.4 Å². The normalized spacial score (nSPS) is 11.1. The molecule has 0 saturated carbocycles. The van der Waals surface area contributed by atoms with E-state index in [1.165, 1.54) is 76.3 Å². The maximum atomic E-state index is 12.0. The zero-order valence-corrected chi connectivity index (χ0v) is 18.0. The van der Waals surface area contributed by atoms with Crippen LogP contribution in [0.25, 0.3) is 0 Å². The fraction of sp³-hybridized carbons (Fsp3) is 0.600. The van der Waals surface area contributed by atoms with E-state index < -0.39 is 11.9 Å². The van der Waals surface area contributed by atoms with Gasteiger partial charge in [0.1, 0.15) is 0 Å². The molecule has 0 radical (unpaired) electrons. The third-order valence-electron chi connectivity index (χ3n) is 5.02. The highest BCUT2D eigenvalue weighted by atomic mass is 16.5. The molecule has 162 valence electrons. The summed E-state index contributed by atoms with van der Waals surface area (Å²) in [5, 5.41) is 9.11. The van der Waals surface area contributed by atoms with Crippen LogP contribution in [0, 0.1) is 0 Å². The summed E-state index contributed by atoms with van der Waals surface area (Å²) >= 11 is 0. The van der Waals surface area contributed by atoms with Crippen LogP contribution in [0.1, 0.15) is 111 Å². The fourth-order valence-corrected chi connectivity index (χ4v) is 3.28.